The largest absolute Gasteiger partial charge is 0.506 e. The summed E-state index contributed by atoms with van der Waals surface area (Å²) in [6.45, 7) is -0.990. The highest BCUT2D eigenvalue weighted by molar-refractivity contribution is 6.30. The summed E-state index contributed by atoms with van der Waals surface area (Å²) in [5.74, 6) is -5.01. The van der Waals surface area contributed by atoms with Gasteiger partial charge in [-0.1, -0.05) is 24.3 Å². The number of rotatable bonds is 6. The zero-order valence-corrected chi connectivity index (χ0v) is 20.9. The number of carboxylic acids is 1. The van der Waals surface area contributed by atoms with Crippen LogP contribution in [0.3, 0.4) is 0 Å². The molecule has 15 heteroatoms. The minimum Gasteiger partial charge on any atom is -0.506 e. The number of carboxylic acid groups (broad SMARTS) is 1. The molecule has 15 nitrogen and oxygen atoms in total. The minimum absolute atomic E-state index is 0.00731. The number of aliphatic hydroxyl groups is 6. The second-order valence-corrected chi connectivity index (χ2v) is 9.75. The molecule has 9 atom stereocenters. The first-order valence-corrected chi connectivity index (χ1v) is 12.4. The molecule has 3 aliphatic rings. The number of hydrogen-bond donors (Lipinski definition) is 8. The van der Waals surface area contributed by atoms with E-state index in [1.54, 1.807) is 0 Å². The summed E-state index contributed by atoms with van der Waals surface area (Å²) in [7, 11) is 0. The Labute approximate surface area is 230 Å². The SMILES string of the molecule is O=C1c2ccccc2C(=O)c2c1cc(OC1OC(COC3OCC(O)C(O)C3O)C(O)C(O)C1O)c(C(=O)O)c2O. The summed E-state index contributed by atoms with van der Waals surface area (Å²) in [6, 6.07) is 6.63. The van der Waals surface area contributed by atoms with Gasteiger partial charge in [0, 0.05) is 16.7 Å². The number of phenols is 1. The molecule has 2 heterocycles. The van der Waals surface area contributed by atoms with Crippen LogP contribution in [0.5, 0.6) is 11.5 Å². The zero-order chi connectivity index (χ0) is 29.7. The van der Waals surface area contributed by atoms with Crippen molar-refractivity contribution in [1.29, 1.82) is 0 Å². The van der Waals surface area contributed by atoms with E-state index in [0.717, 1.165) is 6.07 Å². The number of aromatic hydroxyl groups is 1. The molecule has 9 unspecified atom stereocenters. The molecule has 1 aliphatic carbocycles. The number of ether oxygens (including phenoxy) is 4. The molecule has 2 aromatic rings. The number of benzene rings is 2. The molecule has 2 aromatic carbocycles. The highest BCUT2D eigenvalue weighted by atomic mass is 16.7. The molecule has 0 bridgehead atoms. The summed E-state index contributed by atoms with van der Waals surface area (Å²) in [5.41, 5.74) is -1.89. The summed E-state index contributed by atoms with van der Waals surface area (Å²) in [6.07, 6.45) is -15.2. The van der Waals surface area contributed by atoms with Gasteiger partial charge < -0.3 is 59.8 Å². The van der Waals surface area contributed by atoms with Crippen molar-refractivity contribution in [3.05, 3.63) is 58.1 Å². The van der Waals surface area contributed by atoms with Crippen LogP contribution >= 0.6 is 0 Å². The van der Waals surface area contributed by atoms with Crippen LogP contribution in [0, 0.1) is 0 Å². The van der Waals surface area contributed by atoms with E-state index in [-0.39, 0.29) is 23.3 Å². The molecule has 0 spiro atoms. The lowest BCUT2D eigenvalue weighted by molar-refractivity contribution is -0.307. The molecule has 0 radical (unpaired) electrons. The number of carbonyl (C=O) groups is 3. The van der Waals surface area contributed by atoms with Crippen molar-refractivity contribution in [2.75, 3.05) is 13.2 Å². The average Bonchev–Trinajstić information content (AvgIpc) is 2.94. The standard InChI is InChI=1S/C26H26O15/c27-11-6-38-25(22(34)18(11)30)39-7-13-19(31)21(33)23(35)26(41-13)40-12-5-10-14(20(32)15(12)24(36)37)17(29)9-4-2-1-3-8(9)16(10)28/h1-5,11,13,18-19,21-23,25-27,30-35H,6-7H2,(H,36,37). The fourth-order valence-electron chi connectivity index (χ4n) is 4.90. The van der Waals surface area contributed by atoms with Crippen LogP contribution in [0.1, 0.15) is 42.2 Å². The molecule has 0 amide bonds. The van der Waals surface area contributed by atoms with E-state index in [1.165, 1.54) is 24.3 Å². The molecule has 2 fully saturated rings. The summed E-state index contributed by atoms with van der Waals surface area (Å²) in [4.78, 5) is 38.3. The van der Waals surface area contributed by atoms with Gasteiger partial charge >= 0.3 is 5.97 Å². The lowest BCUT2D eigenvalue weighted by Gasteiger charge is -2.41. The van der Waals surface area contributed by atoms with Crippen LogP contribution in [-0.4, -0.2) is 127 Å². The van der Waals surface area contributed by atoms with Gasteiger partial charge in [0.2, 0.25) is 6.29 Å². The molecule has 0 saturated carbocycles. The van der Waals surface area contributed by atoms with Crippen LogP contribution in [0.2, 0.25) is 0 Å². The topological polar surface area (TPSA) is 250 Å². The number of fused-ring (bicyclic) bond motifs is 2. The highest BCUT2D eigenvalue weighted by Crippen LogP contribution is 2.41. The number of hydrogen-bond acceptors (Lipinski definition) is 14. The minimum atomic E-state index is -1.98. The van der Waals surface area contributed by atoms with E-state index >= 15 is 0 Å². The van der Waals surface area contributed by atoms with Crippen LogP contribution < -0.4 is 4.74 Å². The molecular formula is C26H26O15. The van der Waals surface area contributed by atoms with E-state index in [4.69, 9.17) is 18.9 Å². The third kappa shape index (κ3) is 4.97. The maximum absolute atomic E-state index is 13.1. The van der Waals surface area contributed by atoms with E-state index in [9.17, 15) is 55.2 Å². The monoisotopic (exact) mass is 578 g/mol. The first kappa shape index (κ1) is 29.0. The molecule has 2 saturated heterocycles. The van der Waals surface area contributed by atoms with Crippen LogP contribution in [-0.2, 0) is 14.2 Å². The lowest BCUT2D eigenvalue weighted by atomic mass is 9.82. The normalized spacial score (nSPS) is 33.2. The van der Waals surface area contributed by atoms with Crippen molar-refractivity contribution in [3.63, 3.8) is 0 Å². The van der Waals surface area contributed by atoms with Gasteiger partial charge in [0.1, 0.15) is 59.8 Å². The third-order valence-corrected chi connectivity index (χ3v) is 7.16. The van der Waals surface area contributed by atoms with Gasteiger partial charge in [-0.2, -0.15) is 0 Å². The smallest absolute Gasteiger partial charge is 0.343 e. The Balaban J connectivity index is 1.42. The Hall–Kier alpha value is -3.51. The van der Waals surface area contributed by atoms with Crippen molar-refractivity contribution in [3.8, 4) is 11.5 Å². The Morgan fingerprint density at radius 1 is 0.854 bits per heavy atom. The lowest BCUT2D eigenvalue weighted by Crippen LogP contribution is -2.61. The second-order valence-electron chi connectivity index (χ2n) is 9.75. The molecule has 41 heavy (non-hydrogen) atoms. The van der Waals surface area contributed by atoms with E-state index in [0.29, 0.717) is 0 Å². The van der Waals surface area contributed by atoms with Crippen LogP contribution in [0.15, 0.2) is 30.3 Å². The summed E-state index contributed by atoms with van der Waals surface area (Å²) >= 11 is 0. The van der Waals surface area contributed by atoms with Gasteiger partial charge in [-0.05, 0) is 6.07 Å². The molecule has 2 aliphatic heterocycles. The first-order valence-electron chi connectivity index (χ1n) is 12.4. The van der Waals surface area contributed by atoms with Crippen LogP contribution in [0.25, 0.3) is 0 Å². The quantitative estimate of drug-likeness (QED) is 0.151. The predicted molar refractivity (Wildman–Crippen MR) is 129 cm³/mol. The van der Waals surface area contributed by atoms with Gasteiger partial charge in [0.25, 0.3) is 0 Å². The van der Waals surface area contributed by atoms with Crippen molar-refractivity contribution >= 4 is 17.5 Å². The van der Waals surface area contributed by atoms with E-state index in [2.05, 4.69) is 0 Å². The zero-order valence-electron chi connectivity index (χ0n) is 20.9. The molecule has 5 rings (SSSR count). The Morgan fingerprint density at radius 2 is 1.49 bits per heavy atom. The molecular weight excluding hydrogens is 552 g/mol. The van der Waals surface area contributed by atoms with Crippen molar-refractivity contribution in [2.45, 2.75) is 55.3 Å². The summed E-state index contributed by atoms with van der Waals surface area (Å²) in [5, 5.41) is 81.4. The van der Waals surface area contributed by atoms with Crippen molar-refractivity contribution in [1.82, 2.24) is 0 Å². The first-order chi connectivity index (χ1) is 19.4. The van der Waals surface area contributed by atoms with Gasteiger partial charge in [0.15, 0.2) is 17.9 Å². The van der Waals surface area contributed by atoms with Gasteiger partial charge in [-0.15, -0.1) is 0 Å². The maximum Gasteiger partial charge on any atom is 0.343 e. The van der Waals surface area contributed by atoms with Crippen molar-refractivity contribution in [2.24, 2.45) is 0 Å². The Kier molecular flexibility index (Phi) is 7.82. The van der Waals surface area contributed by atoms with Gasteiger partial charge in [-0.25, -0.2) is 4.79 Å². The Morgan fingerprint density at radius 3 is 2.15 bits per heavy atom. The number of aromatic carboxylic acids is 1. The summed E-state index contributed by atoms with van der Waals surface area (Å²) < 4.78 is 21.4. The molecule has 220 valence electrons. The molecule has 0 aromatic heterocycles. The van der Waals surface area contributed by atoms with E-state index < -0.39 is 102 Å². The van der Waals surface area contributed by atoms with Crippen LogP contribution in [0.4, 0.5) is 0 Å². The fraction of sp³-hybridized carbons (Fsp3) is 0.423. The highest BCUT2D eigenvalue weighted by Gasteiger charge is 2.47. The number of aliphatic hydroxyl groups excluding tert-OH is 6. The number of carbonyl (C=O) groups excluding carboxylic acids is 2. The number of ketones is 2. The second kappa shape index (κ2) is 11.1. The predicted octanol–water partition coefficient (Wildman–Crippen LogP) is -2.49. The molecule has 8 N–H and O–H groups in total. The van der Waals surface area contributed by atoms with E-state index in [1.807, 2.05) is 0 Å². The van der Waals surface area contributed by atoms with Gasteiger partial charge in [0.05, 0.1) is 18.8 Å². The van der Waals surface area contributed by atoms with Gasteiger partial charge in [-0.3, -0.25) is 9.59 Å². The third-order valence-electron chi connectivity index (χ3n) is 7.16. The average molecular weight is 578 g/mol. The Bertz CT molecular complexity index is 1370. The maximum atomic E-state index is 13.1. The fourth-order valence-corrected chi connectivity index (χ4v) is 4.90. The van der Waals surface area contributed by atoms with Crippen molar-refractivity contribution < 1.29 is 74.2 Å².